The highest BCUT2D eigenvalue weighted by molar-refractivity contribution is 6.04. The predicted octanol–water partition coefficient (Wildman–Crippen LogP) is 2.80. The average Bonchev–Trinajstić information content (AvgIpc) is 3.08. The molecule has 1 aliphatic heterocycles. The number of carbonyl (C=O) groups is 1. The van der Waals surface area contributed by atoms with Crippen LogP contribution in [0.25, 0.3) is 0 Å². The number of amides is 1. The van der Waals surface area contributed by atoms with Crippen LogP contribution in [0, 0.1) is 11.6 Å². The Kier molecular flexibility index (Phi) is 6.15. The summed E-state index contributed by atoms with van der Waals surface area (Å²) in [6, 6.07) is 9.90. The molecule has 5 nitrogen and oxygen atoms in total. The minimum Gasteiger partial charge on any atom is -0.389 e. The van der Waals surface area contributed by atoms with E-state index in [4.69, 9.17) is 4.74 Å². The van der Waals surface area contributed by atoms with E-state index in [1.807, 2.05) is 19.1 Å². The Labute approximate surface area is 156 Å². The molecule has 1 saturated heterocycles. The number of benzene rings is 2. The number of carbonyl (C=O) groups excluding carboxylic acids is 1. The Morgan fingerprint density at radius 3 is 2.56 bits per heavy atom. The molecule has 0 aliphatic carbocycles. The van der Waals surface area contributed by atoms with Crippen molar-refractivity contribution in [2.45, 2.75) is 25.6 Å². The van der Waals surface area contributed by atoms with Crippen LogP contribution in [-0.4, -0.2) is 47.8 Å². The van der Waals surface area contributed by atoms with Crippen LogP contribution < -0.4 is 5.32 Å². The van der Waals surface area contributed by atoms with Gasteiger partial charge in [0, 0.05) is 18.2 Å². The van der Waals surface area contributed by atoms with Gasteiger partial charge >= 0.3 is 0 Å². The number of rotatable bonds is 6. The van der Waals surface area contributed by atoms with Crippen molar-refractivity contribution in [2.75, 3.05) is 25.1 Å². The number of halogens is 2. The predicted molar refractivity (Wildman–Crippen MR) is 97.5 cm³/mol. The Balaban J connectivity index is 1.64. The number of aliphatic hydroxyl groups excluding tert-OH is 1. The van der Waals surface area contributed by atoms with E-state index in [1.54, 1.807) is 12.1 Å². The third-order valence-corrected chi connectivity index (χ3v) is 4.68. The summed E-state index contributed by atoms with van der Waals surface area (Å²) < 4.78 is 31.9. The van der Waals surface area contributed by atoms with E-state index in [0.717, 1.165) is 24.2 Å². The molecule has 3 rings (SSSR count). The summed E-state index contributed by atoms with van der Waals surface area (Å²) in [5, 5.41) is 12.4. The molecular formula is C20H22F2N2O3. The van der Waals surface area contributed by atoms with Gasteiger partial charge in [0.25, 0.3) is 5.91 Å². The van der Waals surface area contributed by atoms with Gasteiger partial charge in [0.15, 0.2) is 0 Å². The van der Waals surface area contributed by atoms with Crippen molar-refractivity contribution in [3.05, 3.63) is 65.2 Å². The fraction of sp³-hybridized carbons (Fsp3) is 0.350. The second-order valence-corrected chi connectivity index (χ2v) is 6.51. The van der Waals surface area contributed by atoms with Gasteiger partial charge in [-0.1, -0.05) is 19.1 Å². The highest BCUT2D eigenvalue weighted by Gasteiger charge is 2.30. The largest absolute Gasteiger partial charge is 0.389 e. The molecular weight excluding hydrogens is 354 g/mol. The second-order valence-electron chi connectivity index (χ2n) is 6.51. The van der Waals surface area contributed by atoms with Gasteiger partial charge in [-0.05, 0) is 36.4 Å². The van der Waals surface area contributed by atoms with Gasteiger partial charge in [-0.3, -0.25) is 9.69 Å². The van der Waals surface area contributed by atoms with Gasteiger partial charge in [0.2, 0.25) is 0 Å². The van der Waals surface area contributed by atoms with Gasteiger partial charge < -0.3 is 15.2 Å². The highest BCUT2D eigenvalue weighted by atomic mass is 19.1. The van der Waals surface area contributed by atoms with Crippen LogP contribution >= 0.6 is 0 Å². The molecule has 2 atom stereocenters. The smallest absolute Gasteiger partial charge is 0.255 e. The van der Waals surface area contributed by atoms with E-state index < -0.39 is 23.6 Å². The van der Waals surface area contributed by atoms with E-state index in [2.05, 4.69) is 10.2 Å². The van der Waals surface area contributed by atoms with Gasteiger partial charge in [-0.25, -0.2) is 8.78 Å². The van der Waals surface area contributed by atoms with Crippen molar-refractivity contribution < 1.29 is 23.4 Å². The van der Waals surface area contributed by atoms with Crippen molar-refractivity contribution >= 4 is 11.6 Å². The molecule has 0 aromatic heterocycles. The molecule has 7 heteroatoms. The van der Waals surface area contributed by atoms with Gasteiger partial charge in [0.1, 0.15) is 11.6 Å². The molecule has 144 valence electrons. The first-order valence-electron chi connectivity index (χ1n) is 8.83. The molecule has 1 aliphatic rings. The molecule has 27 heavy (non-hydrogen) atoms. The van der Waals surface area contributed by atoms with Crippen LogP contribution in [0.1, 0.15) is 22.8 Å². The number of nitrogens with one attached hydrogen (secondary N) is 1. The van der Waals surface area contributed by atoms with E-state index in [-0.39, 0.29) is 11.7 Å². The summed E-state index contributed by atoms with van der Waals surface area (Å²) in [6.45, 7) is 4.25. The van der Waals surface area contributed by atoms with Gasteiger partial charge in [-0.2, -0.15) is 0 Å². The van der Waals surface area contributed by atoms with Gasteiger partial charge in [-0.15, -0.1) is 0 Å². The van der Waals surface area contributed by atoms with E-state index in [9.17, 15) is 18.7 Å². The summed E-state index contributed by atoms with van der Waals surface area (Å²) in [4.78, 5) is 14.4. The topological polar surface area (TPSA) is 61.8 Å². The standard InChI is InChI=1S/C20H22F2N2O3/c1-2-24(18-11-27-12-19(18)25)10-13-3-5-14(6-4-13)20(26)23-17-8-7-15(21)9-16(17)22/h3-9,18-19,25H,2,10-12H2,1H3,(H,23,26)/t18-,19-/m0/s1. The summed E-state index contributed by atoms with van der Waals surface area (Å²) in [7, 11) is 0. The summed E-state index contributed by atoms with van der Waals surface area (Å²) >= 11 is 0. The number of nitrogens with zero attached hydrogens (tertiary/aromatic N) is 1. The third-order valence-electron chi connectivity index (χ3n) is 4.68. The Hall–Kier alpha value is -2.35. The molecule has 2 N–H and O–H groups in total. The van der Waals surface area contributed by atoms with Crippen molar-refractivity contribution in [3.63, 3.8) is 0 Å². The van der Waals surface area contributed by atoms with Crippen LogP contribution in [-0.2, 0) is 11.3 Å². The van der Waals surface area contributed by atoms with E-state index >= 15 is 0 Å². The summed E-state index contributed by atoms with van der Waals surface area (Å²) in [6.07, 6.45) is -0.499. The zero-order valence-electron chi connectivity index (χ0n) is 15.0. The molecule has 1 heterocycles. The van der Waals surface area contributed by atoms with Crippen LogP contribution in [0.2, 0.25) is 0 Å². The molecule has 0 radical (unpaired) electrons. The molecule has 1 fully saturated rings. The Morgan fingerprint density at radius 1 is 1.22 bits per heavy atom. The fourth-order valence-electron chi connectivity index (χ4n) is 3.13. The average molecular weight is 376 g/mol. The van der Waals surface area contributed by atoms with E-state index in [0.29, 0.717) is 25.3 Å². The minimum absolute atomic E-state index is 0.0422. The van der Waals surface area contributed by atoms with Crippen LogP contribution in [0.4, 0.5) is 14.5 Å². The SMILES string of the molecule is CCN(Cc1ccc(C(=O)Nc2ccc(F)cc2F)cc1)[C@H]1COC[C@@H]1O. The molecule has 0 saturated carbocycles. The lowest BCUT2D eigenvalue weighted by molar-refractivity contribution is 0.0808. The zero-order valence-corrected chi connectivity index (χ0v) is 15.0. The zero-order chi connectivity index (χ0) is 19.4. The number of likely N-dealkylation sites (N-methyl/N-ethyl adjacent to an activating group) is 1. The fourth-order valence-corrected chi connectivity index (χ4v) is 3.13. The maximum Gasteiger partial charge on any atom is 0.255 e. The van der Waals surface area contributed by atoms with Crippen LogP contribution in [0.3, 0.4) is 0 Å². The third kappa shape index (κ3) is 4.68. The quantitative estimate of drug-likeness (QED) is 0.814. The number of aliphatic hydroxyl groups is 1. The molecule has 0 spiro atoms. The molecule has 2 aromatic carbocycles. The second kappa shape index (κ2) is 8.56. The lowest BCUT2D eigenvalue weighted by atomic mass is 10.1. The summed E-state index contributed by atoms with van der Waals surface area (Å²) in [5.41, 5.74) is 1.29. The molecule has 0 unspecified atom stereocenters. The number of anilines is 1. The normalized spacial score (nSPS) is 19.4. The number of hydrogen-bond donors (Lipinski definition) is 2. The number of ether oxygens (including phenoxy) is 1. The van der Waals surface area contributed by atoms with Crippen LogP contribution in [0.15, 0.2) is 42.5 Å². The minimum atomic E-state index is -0.823. The maximum absolute atomic E-state index is 13.7. The molecule has 2 aromatic rings. The van der Waals surface area contributed by atoms with Gasteiger partial charge in [0.05, 0.1) is 31.0 Å². The first-order chi connectivity index (χ1) is 13.0. The van der Waals surface area contributed by atoms with Crippen molar-refractivity contribution in [2.24, 2.45) is 0 Å². The molecule has 0 bridgehead atoms. The lowest BCUT2D eigenvalue weighted by Gasteiger charge is -2.28. The highest BCUT2D eigenvalue weighted by Crippen LogP contribution is 2.18. The van der Waals surface area contributed by atoms with E-state index in [1.165, 1.54) is 6.07 Å². The lowest BCUT2D eigenvalue weighted by Crippen LogP contribution is -2.42. The monoisotopic (exact) mass is 376 g/mol. The summed E-state index contributed by atoms with van der Waals surface area (Å²) in [5.74, 6) is -2.00. The molecule has 1 amide bonds. The first kappa shape index (κ1) is 19.4. The van der Waals surface area contributed by atoms with Crippen molar-refractivity contribution in [1.29, 1.82) is 0 Å². The van der Waals surface area contributed by atoms with Crippen molar-refractivity contribution in [3.8, 4) is 0 Å². The van der Waals surface area contributed by atoms with Crippen molar-refractivity contribution in [1.82, 2.24) is 4.90 Å². The maximum atomic E-state index is 13.7. The Bertz CT molecular complexity index is 798. The number of hydrogen-bond acceptors (Lipinski definition) is 4. The first-order valence-corrected chi connectivity index (χ1v) is 8.83. The Morgan fingerprint density at radius 2 is 1.96 bits per heavy atom. The van der Waals surface area contributed by atoms with Crippen LogP contribution in [0.5, 0.6) is 0 Å².